The molecule has 0 radical (unpaired) electrons. The van der Waals surface area contributed by atoms with Crippen LogP contribution in [0.15, 0.2) is 72.0 Å². The molecule has 1 unspecified atom stereocenters. The summed E-state index contributed by atoms with van der Waals surface area (Å²) in [5.41, 5.74) is 7.13. The summed E-state index contributed by atoms with van der Waals surface area (Å²) in [4.78, 5) is 14.7. The van der Waals surface area contributed by atoms with Gasteiger partial charge in [0.1, 0.15) is 0 Å². The van der Waals surface area contributed by atoms with E-state index in [1.165, 1.54) is 35.2 Å². The Labute approximate surface area is 186 Å². The Morgan fingerprint density at radius 3 is 2.45 bits per heavy atom. The molecule has 3 heteroatoms. The molecule has 162 valence electrons. The Hall–Kier alpha value is -2.81. The molecular weight excluding hydrogens is 380 g/mol. The number of piperidine rings is 1. The van der Waals surface area contributed by atoms with Crippen molar-refractivity contribution in [3.63, 3.8) is 0 Å². The van der Waals surface area contributed by atoms with Crippen LogP contribution < -0.4 is 10.2 Å². The third-order valence-corrected chi connectivity index (χ3v) is 6.75. The Kier molecular flexibility index (Phi) is 6.60. The van der Waals surface area contributed by atoms with E-state index in [0.29, 0.717) is 0 Å². The zero-order valence-corrected chi connectivity index (χ0v) is 19.0. The van der Waals surface area contributed by atoms with Gasteiger partial charge in [0.2, 0.25) is 0 Å². The molecule has 0 spiro atoms. The predicted molar refractivity (Wildman–Crippen MR) is 129 cm³/mol. The standard InChI is InChI=1S/C28H34N2O/c1-20-12-14-30(15-13-20)27-10-8-23(9-11-27)16-26-18-25(28(19-29-26)22(3)31)17-24-7-5-4-6-21(24)2/h4-11,18-20,26,29H,12-17H2,1-3H3. The van der Waals surface area contributed by atoms with Crippen molar-refractivity contribution in [1.82, 2.24) is 5.32 Å². The second kappa shape index (κ2) is 9.55. The van der Waals surface area contributed by atoms with Crippen LogP contribution in [0.25, 0.3) is 0 Å². The molecule has 3 nitrogen and oxygen atoms in total. The third kappa shape index (κ3) is 5.28. The van der Waals surface area contributed by atoms with Gasteiger partial charge in [-0.25, -0.2) is 0 Å². The molecule has 0 saturated carbocycles. The largest absolute Gasteiger partial charge is 0.384 e. The maximum absolute atomic E-state index is 12.2. The molecule has 0 aromatic heterocycles. The van der Waals surface area contributed by atoms with Crippen LogP contribution in [0.1, 0.15) is 43.4 Å². The highest BCUT2D eigenvalue weighted by molar-refractivity contribution is 5.98. The lowest BCUT2D eigenvalue weighted by molar-refractivity contribution is -0.113. The lowest BCUT2D eigenvalue weighted by Crippen LogP contribution is -2.32. The Bertz CT molecular complexity index is 978. The van der Waals surface area contributed by atoms with Crippen LogP contribution in [-0.2, 0) is 17.6 Å². The molecule has 2 aromatic carbocycles. The van der Waals surface area contributed by atoms with Gasteiger partial charge in [-0.2, -0.15) is 0 Å². The molecule has 1 saturated heterocycles. The molecule has 2 aromatic rings. The zero-order chi connectivity index (χ0) is 21.8. The minimum atomic E-state index is 0.117. The van der Waals surface area contributed by atoms with Gasteiger partial charge in [0.05, 0.1) is 0 Å². The summed E-state index contributed by atoms with van der Waals surface area (Å²) in [6.07, 6.45) is 8.45. The minimum Gasteiger partial charge on any atom is -0.384 e. The molecule has 2 heterocycles. The van der Waals surface area contributed by atoms with Gasteiger partial charge in [0, 0.05) is 36.6 Å². The van der Waals surface area contributed by atoms with E-state index in [1.807, 2.05) is 6.20 Å². The average molecular weight is 415 g/mol. The van der Waals surface area contributed by atoms with Crippen molar-refractivity contribution < 1.29 is 4.79 Å². The zero-order valence-electron chi connectivity index (χ0n) is 19.0. The van der Waals surface area contributed by atoms with Crippen molar-refractivity contribution in [3.8, 4) is 0 Å². The number of benzene rings is 2. The number of aryl methyl sites for hydroxylation is 1. The summed E-state index contributed by atoms with van der Waals surface area (Å²) < 4.78 is 0. The number of carbonyl (C=O) groups is 1. The van der Waals surface area contributed by atoms with Crippen LogP contribution >= 0.6 is 0 Å². The number of rotatable bonds is 6. The fourth-order valence-corrected chi connectivity index (χ4v) is 4.64. The maximum atomic E-state index is 12.2. The van der Waals surface area contributed by atoms with Crippen LogP contribution in [-0.4, -0.2) is 24.9 Å². The quantitative estimate of drug-likeness (QED) is 0.688. The van der Waals surface area contributed by atoms with Gasteiger partial charge in [-0.05, 0) is 79.8 Å². The lowest BCUT2D eigenvalue weighted by atomic mass is 9.89. The van der Waals surface area contributed by atoms with Gasteiger partial charge < -0.3 is 10.2 Å². The van der Waals surface area contributed by atoms with Crippen molar-refractivity contribution in [2.24, 2.45) is 5.92 Å². The number of dihydropyridines is 1. The monoisotopic (exact) mass is 414 g/mol. The molecule has 0 bridgehead atoms. The van der Waals surface area contributed by atoms with Crippen LogP contribution in [0.2, 0.25) is 0 Å². The number of carbonyl (C=O) groups excluding carboxylic acids is 1. The molecule has 2 aliphatic heterocycles. The van der Waals surface area contributed by atoms with Gasteiger partial charge >= 0.3 is 0 Å². The van der Waals surface area contributed by atoms with Crippen LogP contribution in [0.3, 0.4) is 0 Å². The summed E-state index contributed by atoms with van der Waals surface area (Å²) in [5, 5.41) is 3.44. The SMILES string of the molecule is CC(=O)C1=CNC(Cc2ccc(N3CCC(C)CC3)cc2)C=C1Cc1ccccc1C. The topological polar surface area (TPSA) is 32.3 Å². The Morgan fingerprint density at radius 2 is 1.77 bits per heavy atom. The van der Waals surface area contributed by atoms with E-state index in [0.717, 1.165) is 43.0 Å². The number of Topliss-reactive ketones (excluding diaryl/α,β-unsaturated/α-hetero) is 1. The number of nitrogens with one attached hydrogen (secondary N) is 1. The van der Waals surface area contributed by atoms with Crippen molar-refractivity contribution >= 4 is 11.5 Å². The van der Waals surface area contributed by atoms with Gasteiger partial charge in [-0.1, -0.05) is 49.4 Å². The van der Waals surface area contributed by atoms with Gasteiger partial charge in [0.25, 0.3) is 0 Å². The molecule has 2 aliphatic rings. The molecule has 31 heavy (non-hydrogen) atoms. The highest BCUT2D eigenvalue weighted by Gasteiger charge is 2.20. The smallest absolute Gasteiger partial charge is 0.161 e. The fraction of sp³-hybridized carbons (Fsp3) is 0.393. The molecule has 1 fully saturated rings. The van der Waals surface area contributed by atoms with E-state index in [2.05, 4.69) is 78.7 Å². The van der Waals surface area contributed by atoms with Crippen molar-refractivity contribution in [3.05, 3.63) is 88.6 Å². The normalized spacial score (nSPS) is 19.5. The number of hydrogen-bond donors (Lipinski definition) is 1. The maximum Gasteiger partial charge on any atom is 0.161 e. The van der Waals surface area contributed by atoms with Crippen LogP contribution in [0, 0.1) is 12.8 Å². The first-order chi connectivity index (χ1) is 15.0. The van der Waals surface area contributed by atoms with Crippen molar-refractivity contribution in [2.75, 3.05) is 18.0 Å². The third-order valence-electron chi connectivity index (χ3n) is 6.75. The summed E-state index contributed by atoms with van der Waals surface area (Å²) in [6, 6.07) is 17.7. The molecule has 1 N–H and O–H groups in total. The first-order valence-electron chi connectivity index (χ1n) is 11.6. The second-order valence-corrected chi connectivity index (χ2v) is 9.22. The van der Waals surface area contributed by atoms with Crippen molar-refractivity contribution in [2.45, 2.75) is 52.5 Å². The lowest BCUT2D eigenvalue weighted by Gasteiger charge is -2.32. The van der Waals surface area contributed by atoms with E-state index < -0.39 is 0 Å². The van der Waals surface area contributed by atoms with E-state index in [1.54, 1.807) is 6.92 Å². The Morgan fingerprint density at radius 1 is 1.06 bits per heavy atom. The van der Waals surface area contributed by atoms with E-state index in [-0.39, 0.29) is 11.8 Å². The first-order valence-corrected chi connectivity index (χ1v) is 11.6. The number of hydrogen-bond acceptors (Lipinski definition) is 3. The summed E-state index contributed by atoms with van der Waals surface area (Å²) in [6.45, 7) is 8.46. The second-order valence-electron chi connectivity index (χ2n) is 9.22. The highest BCUT2D eigenvalue weighted by Crippen LogP contribution is 2.26. The summed E-state index contributed by atoms with van der Waals surface area (Å²) >= 11 is 0. The predicted octanol–water partition coefficient (Wildman–Crippen LogP) is 5.39. The number of allylic oxidation sites excluding steroid dienone is 2. The summed E-state index contributed by atoms with van der Waals surface area (Å²) in [5.74, 6) is 0.965. The van der Waals surface area contributed by atoms with E-state index in [9.17, 15) is 4.79 Å². The summed E-state index contributed by atoms with van der Waals surface area (Å²) in [7, 11) is 0. The first kappa shape index (κ1) is 21.4. The number of anilines is 1. The number of nitrogens with zero attached hydrogens (tertiary/aromatic N) is 1. The number of ketones is 1. The molecule has 4 rings (SSSR count). The van der Waals surface area contributed by atoms with Crippen LogP contribution in [0.4, 0.5) is 5.69 Å². The van der Waals surface area contributed by atoms with Gasteiger partial charge in [0.15, 0.2) is 5.78 Å². The Balaban J connectivity index is 1.46. The average Bonchev–Trinajstić information content (AvgIpc) is 2.76. The van der Waals surface area contributed by atoms with Gasteiger partial charge in [-0.3, -0.25) is 4.79 Å². The van der Waals surface area contributed by atoms with E-state index in [4.69, 9.17) is 0 Å². The van der Waals surface area contributed by atoms with Crippen LogP contribution in [0.5, 0.6) is 0 Å². The molecule has 1 atom stereocenters. The molecule has 0 aliphatic carbocycles. The van der Waals surface area contributed by atoms with Crippen molar-refractivity contribution in [1.29, 1.82) is 0 Å². The molecular formula is C28H34N2O. The van der Waals surface area contributed by atoms with Gasteiger partial charge in [-0.15, -0.1) is 0 Å². The fourth-order valence-electron chi connectivity index (χ4n) is 4.64. The highest BCUT2D eigenvalue weighted by atomic mass is 16.1. The van der Waals surface area contributed by atoms with E-state index >= 15 is 0 Å². The molecule has 0 amide bonds. The minimum absolute atomic E-state index is 0.117.